The molecule has 1 unspecified atom stereocenters. The molecule has 98 valence electrons. The van der Waals surface area contributed by atoms with Crippen LogP contribution >= 0.6 is 0 Å². The van der Waals surface area contributed by atoms with Crippen molar-refractivity contribution in [3.05, 3.63) is 23.3 Å². The zero-order valence-corrected chi connectivity index (χ0v) is 10.3. The van der Waals surface area contributed by atoms with Gasteiger partial charge in [-0.2, -0.15) is 0 Å². The third-order valence-corrected chi connectivity index (χ3v) is 3.26. The summed E-state index contributed by atoms with van der Waals surface area (Å²) in [4.78, 5) is 11.1. The highest BCUT2D eigenvalue weighted by Gasteiger charge is 2.22. The second kappa shape index (κ2) is 5.27. The van der Waals surface area contributed by atoms with E-state index < -0.39 is 5.97 Å². The molecule has 1 atom stereocenters. The van der Waals surface area contributed by atoms with E-state index in [1.54, 1.807) is 0 Å². The summed E-state index contributed by atoms with van der Waals surface area (Å²) in [6.45, 7) is 0.887. The number of aromatic carboxylic acids is 1. The molecular formula is C13H17NO4. The van der Waals surface area contributed by atoms with Gasteiger partial charge in [-0.3, -0.25) is 0 Å². The number of benzene rings is 1. The van der Waals surface area contributed by atoms with Gasteiger partial charge in [0.2, 0.25) is 0 Å². The maximum absolute atomic E-state index is 11.1. The Morgan fingerprint density at radius 1 is 1.44 bits per heavy atom. The topological polar surface area (TPSA) is 78.8 Å². The first-order valence-corrected chi connectivity index (χ1v) is 6.01. The molecule has 0 bridgehead atoms. The molecule has 2 rings (SSSR count). The molecule has 3 N–H and O–H groups in total. The van der Waals surface area contributed by atoms with E-state index in [9.17, 15) is 9.90 Å². The summed E-state index contributed by atoms with van der Waals surface area (Å²) in [5.41, 5.74) is 0.713. The van der Waals surface area contributed by atoms with Gasteiger partial charge >= 0.3 is 5.97 Å². The lowest BCUT2D eigenvalue weighted by molar-refractivity contribution is 0.0693. The number of piperidine rings is 1. The van der Waals surface area contributed by atoms with Crippen molar-refractivity contribution < 1.29 is 19.7 Å². The Bertz CT molecular complexity index is 453. The first-order valence-electron chi connectivity index (χ1n) is 6.01. The highest BCUT2D eigenvalue weighted by molar-refractivity contribution is 5.91. The van der Waals surface area contributed by atoms with Crippen LogP contribution in [0.15, 0.2) is 12.1 Å². The number of ether oxygens (including phenoxy) is 1. The molecule has 18 heavy (non-hydrogen) atoms. The van der Waals surface area contributed by atoms with Gasteiger partial charge in [-0.25, -0.2) is 4.79 Å². The number of aromatic hydroxyl groups is 1. The van der Waals surface area contributed by atoms with Crippen molar-refractivity contribution in [2.75, 3.05) is 13.7 Å². The second-order valence-corrected chi connectivity index (χ2v) is 4.42. The van der Waals surface area contributed by atoms with Crippen LogP contribution in [-0.2, 0) is 0 Å². The molecular weight excluding hydrogens is 234 g/mol. The van der Waals surface area contributed by atoms with E-state index in [0.29, 0.717) is 5.56 Å². The summed E-state index contributed by atoms with van der Waals surface area (Å²) in [5, 5.41) is 22.4. The van der Waals surface area contributed by atoms with Crippen molar-refractivity contribution in [1.82, 2.24) is 5.32 Å². The van der Waals surface area contributed by atoms with Gasteiger partial charge in [-0.05, 0) is 25.5 Å². The largest absolute Gasteiger partial charge is 0.507 e. The first-order chi connectivity index (χ1) is 8.63. The van der Waals surface area contributed by atoms with E-state index in [1.807, 2.05) is 0 Å². The molecule has 1 aliphatic heterocycles. The van der Waals surface area contributed by atoms with E-state index in [1.165, 1.54) is 19.2 Å². The average Bonchev–Trinajstić information content (AvgIpc) is 2.39. The van der Waals surface area contributed by atoms with Crippen molar-refractivity contribution >= 4 is 5.97 Å². The predicted molar refractivity (Wildman–Crippen MR) is 66.2 cm³/mol. The Balaban J connectivity index is 2.40. The van der Waals surface area contributed by atoms with Crippen LogP contribution in [0.5, 0.6) is 11.5 Å². The summed E-state index contributed by atoms with van der Waals surface area (Å²) in [7, 11) is 1.39. The van der Waals surface area contributed by atoms with E-state index in [0.717, 1.165) is 25.8 Å². The number of carboxylic acid groups (broad SMARTS) is 1. The van der Waals surface area contributed by atoms with Gasteiger partial charge < -0.3 is 20.3 Å². The molecule has 0 aromatic heterocycles. The lowest BCUT2D eigenvalue weighted by Gasteiger charge is -2.25. The zero-order valence-electron chi connectivity index (χ0n) is 10.3. The van der Waals surface area contributed by atoms with E-state index in [-0.39, 0.29) is 23.1 Å². The third-order valence-electron chi connectivity index (χ3n) is 3.26. The van der Waals surface area contributed by atoms with Crippen LogP contribution in [0.3, 0.4) is 0 Å². The fourth-order valence-corrected chi connectivity index (χ4v) is 2.32. The monoisotopic (exact) mass is 251 g/mol. The minimum atomic E-state index is -1.05. The van der Waals surface area contributed by atoms with E-state index in [2.05, 4.69) is 5.32 Å². The maximum atomic E-state index is 11.1. The molecule has 1 aromatic carbocycles. The lowest BCUT2D eigenvalue weighted by atomic mass is 9.95. The Kier molecular flexibility index (Phi) is 3.72. The summed E-state index contributed by atoms with van der Waals surface area (Å²) in [5.74, 6) is -0.792. The lowest BCUT2D eigenvalue weighted by Crippen LogP contribution is -2.27. The van der Waals surface area contributed by atoms with Crippen molar-refractivity contribution in [2.24, 2.45) is 0 Å². The van der Waals surface area contributed by atoms with Gasteiger partial charge in [-0.1, -0.05) is 6.42 Å². The smallest absolute Gasteiger partial charge is 0.339 e. The van der Waals surface area contributed by atoms with Gasteiger partial charge in [-0.15, -0.1) is 0 Å². The number of hydrogen-bond acceptors (Lipinski definition) is 4. The maximum Gasteiger partial charge on any atom is 0.339 e. The van der Waals surface area contributed by atoms with Crippen molar-refractivity contribution in [3.63, 3.8) is 0 Å². The number of carbonyl (C=O) groups is 1. The van der Waals surface area contributed by atoms with Crippen LogP contribution in [0.4, 0.5) is 0 Å². The normalized spacial score (nSPS) is 19.5. The van der Waals surface area contributed by atoms with E-state index >= 15 is 0 Å². The van der Waals surface area contributed by atoms with Crippen LogP contribution in [0.1, 0.15) is 41.2 Å². The molecule has 5 heteroatoms. The molecule has 0 aliphatic carbocycles. The third kappa shape index (κ3) is 2.41. The number of carboxylic acids is 1. The van der Waals surface area contributed by atoms with E-state index in [4.69, 9.17) is 9.84 Å². The summed E-state index contributed by atoms with van der Waals surface area (Å²) in [6.07, 6.45) is 3.09. The van der Waals surface area contributed by atoms with Gasteiger partial charge in [0.1, 0.15) is 17.1 Å². The number of methoxy groups -OCH3 is 1. The Labute approximate surface area is 105 Å². The van der Waals surface area contributed by atoms with Gasteiger partial charge in [0.05, 0.1) is 7.11 Å². The zero-order chi connectivity index (χ0) is 13.1. The standard InChI is InChI=1S/C13H17NO4/c1-18-12-7-11(15)8(6-9(12)13(16)17)10-4-2-3-5-14-10/h6-7,10,14-15H,2-5H2,1H3,(H,16,17). The molecule has 0 spiro atoms. The molecule has 1 aromatic rings. The molecule has 0 saturated carbocycles. The number of hydrogen-bond donors (Lipinski definition) is 3. The molecule has 5 nitrogen and oxygen atoms in total. The van der Waals surface area contributed by atoms with Crippen LogP contribution in [0, 0.1) is 0 Å². The quantitative estimate of drug-likeness (QED) is 0.764. The first kappa shape index (κ1) is 12.7. The molecule has 0 amide bonds. The van der Waals surface area contributed by atoms with Crippen LogP contribution in [0.25, 0.3) is 0 Å². The Hall–Kier alpha value is -1.75. The summed E-state index contributed by atoms with van der Waals surface area (Å²) >= 11 is 0. The Morgan fingerprint density at radius 3 is 2.78 bits per heavy atom. The molecule has 1 aliphatic rings. The summed E-state index contributed by atoms with van der Waals surface area (Å²) in [6, 6.07) is 2.89. The van der Waals surface area contributed by atoms with Gasteiger partial charge in [0.25, 0.3) is 0 Å². The fraction of sp³-hybridized carbons (Fsp3) is 0.462. The molecule has 1 saturated heterocycles. The highest BCUT2D eigenvalue weighted by Crippen LogP contribution is 2.35. The number of phenolic OH excluding ortho intramolecular Hbond substituents is 1. The van der Waals surface area contributed by atoms with Crippen molar-refractivity contribution in [3.8, 4) is 11.5 Å². The SMILES string of the molecule is COc1cc(O)c(C2CCCCN2)cc1C(=O)O. The predicted octanol–water partition coefficient (Wildman–Crippen LogP) is 1.91. The highest BCUT2D eigenvalue weighted by atomic mass is 16.5. The van der Waals surface area contributed by atoms with Gasteiger partial charge in [0.15, 0.2) is 0 Å². The van der Waals surface area contributed by atoms with Crippen LogP contribution < -0.4 is 10.1 Å². The van der Waals surface area contributed by atoms with Crippen LogP contribution in [-0.4, -0.2) is 29.8 Å². The number of phenols is 1. The molecule has 0 radical (unpaired) electrons. The Morgan fingerprint density at radius 2 is 2.22 bits per heavy atom. The molecule has 1 fully saturated rings. The average molecular weight is 251 g/mol. The number of nitrogens with one attached hydrogen (secondary N) is 1. The minimum absolute atomic E-state index is 0.0164. The summed E-state index contributed by atoms with van der Waals surface area (Å²) < 4.78 is 4.97. The van der Waals surface area contributed by atoms with Crippen LogP contribution in [0.2, 0.25) is 0 Å². The van der Waals surface area contributed by atoms with Crippen molar-refractivity contribution in [2.45, 2.75) is 25.3 Å². The van der Waals surface area contributed by atoms with Gasteiger partial charge in [0, 0.05) is 17.7 Å². The van der Waals surface area contributed by atoms with Crippen molar-refractivity contribution in [1.29, 1.82) is 0 Å². The minimum Gasteiger partial charge on any atom is -0.507 e. The second-order valence-electron chi connectivity index (χ2n) is 4.42. The fourth-order valence-electron chi connectivity index (χ4n) is 2.32. The molecule has 1 heterocycles. The number of rotatable bonds is 3.